The molecule has 1 aromatic heterocycles. The molecule has 0 aromatic carbocycles. The van der Waals surface area contributed by atoms with Crippen molar-refractivity contribution in [3.8, 4) is 0 Å². The number of nitrogens with two attached hydrogens (primary N) is 1. The molecule has 2 rings (SSSR count). The highest BCUT2D eigenvalue weighted by Crippen LogP contribution is 2.31. The monoisotopic (exact) mass is 181 g/mol. The molecule has 0 spiro atoms. The Balaban J connectivity index is 1.99. The summed E-state index contributed by atoms with van der Waals surface area (Å²) in [6.45, 7) is 0. The third kappa shape index (κ3) is 1.85. The smallest absolute Gasteiger partial charge is 0.165 e. The summed E-state index contributed by atoms with van der Waals surface area (Å²) in [7, 11) is 0. The van der Waals surface area contributed by atoms with Crippen LogP contribution in [-0.2, 0) is 0 Å². The Hall–Kier alpha value is -0.970. The number of hydrogen-bond donors (Lipinski definition) is 2. The highest BCUT2D eigenvalue weighted by Gasteiger charge is 2.23. The number of aromatic amines is 1. The van der Waals surface area contributed by atoms with Gasteiger partial charge < -0.3 is 5.73 Å². The van der Waals surface area contributed by atoms with Crippen molar-refractivity contribution in [2.24, 2.45) is 11.7 Å². The van der Waals surface area contributed by atoms with E-state index in [2.05, 4.69) is 20.6 Å². The molecule has 1 aliphatic rings. The van der Waals surface area contributed by atoms with Crippen LogP contribution >= 0.6 is 0 Å². The van der Waals surface area contributed by atoms with Crippen molar-refractivity contribution >= 4 is 0 Å². The molecule has 5 heteroatoms. The summed E-state index contributed by atoms with van der Waals surface area (Å²) in [5.74, 6) is 1.29. The Bertz CT molecular complexity index is 239. The second-order valence-corrected chi connectivity index (χ2v) is 3.71. The van der Waals surface area contributed by atoms with Crippen molar-refractivity contribution < 1.29 is 0 Å². The first-order valence-electron chi connectivity index (χ1n) is 4.87. The van der Waals surface area contributed by atoms with Gasteiger partial charge in [0.15, 0.2) is 5.82 Å². The first-order chi connectivity index (χ1) is 6.38. The largest absolute Gasteiger partial charge is 0.321 e. The topological polar surface area (TPSA) is 80.5 Å². The van der Waals surface area contributed by atoms with Crippen LogP contribution in [0.1, 0.15) is 44.0 Å². The van der Waals surface area contributed by atoms with Crippen molar-refractivity contribution in [1.82, 2.24) is 20.6 Å². The Morgan fingerprint density at radius 1 is 1.31 bits per heavy atom. The van der Waals surface area contributed by atoms with E-state index in [1.54, 1.807) is 0 Å². The van der Waals surface area contributed by atoms with E-state index in [1.165, 1.54) is 32.1 Å². The van der Waals surface area contributed by atoms with Gasteiger partial charge in [-0.2, -0.15) is 0 Å². The SMILES string of the molecule is NC(c1nnn[nH]1)C1CCCCC1. The van der Waals surface area contributed by atoms with Crippen molar-refractivity contribution in [3.05, 3.63) is 5.82 Å². The number of hydrogen-bond acceptors (Lipinski definition) is 4. The Labute approximate surface area is 77.1 Å². The van der Waals surface area contributed by atoms with E-state index >= 15 is 0 Å². The average molecular weight is 181 g/mol. The lowest BCUT2D eigenvalue weighted by Gasteiger charge is -2.25. The van der Waals surface area contributed by atoms with Gasteiger partial charge in [0.05, 0.1) is 6.04 Å². The molecule has 3 N–H and O–H groups in total. The van der Waals surface area contributed by atoms with Gasteiger partial charge in [0.25, 0.3) is 0 Å². The van der Waals surface area contributed by atoms with E-state index in [4.69, 9.17) is 5.73 Å². The molecule has 0 aliphatic heterocycles. The van der Waals surface area contributed by atoms with Crippen LogP contribution in [0.3, 0.4) is 0 Å². The predicted octanol–water partition coefficient (Wildman–Crippen LogP) is 0.780. The van der Waals surface area contributed by atoms with Crippen LogP contribution in [0.4, 0.5) is 0 Å². The van der Waals surface area contributed by atoms with Crippen LogP contribution in [0.5, 0.6) is 0 Å². The van der Waals surface area contributed by atoms with Gasteiger partial charge in [-0.25, -0.2) is 5.10 Å². The maximum atomic E-state index is 6.04. The Kier molecular flexibility index (Phi) is 2.54. The van der Waals surface area contributed by atoms with Gasteiger partial charge >= 0.3 is 0 Å². The number of rotatable bonds is 2. The number of nitrogens with one attached hydrogen (secondary N) is 1. The molecule has 1 aromatic rings. The zero-order valence-electron chi connectivity index (χ0n) is 7.61. The predicted molar refractivity (Wildman–Crippen MR) is 47.7 cm³/mol. The standard InChI is InChI=1S/C8H15N5/c9-7(8-10-12-13-11-8)6-4-2-1-3-5-6/h6-7H,1-5,9H2,(H,10,11,12,13). The molecule has 1 atom stereocenters. The van der Waals surface area contributed by atoms with Crippen LogP contribution in [0, 0.1) is 5.92 Å². The summed E-state index contributed by atoms with van der Waals surface area (Å²) >= 11 is 0. The minimum atomic E-state index is -0.00435. The first-order valence-corrected chi connectivity index (χ1v) is 4.87. The summed E-state index contributed by atoms with van der Waals surface area (Å²) in [6.07, 6.45) is 6.35. The molecule has 0 saturated heterocycles. The highest BCUT2D eigenvalue weighted by molar-refractivity contribution is 4.91. The molecule has 0 radical (unpaired) electrons. The van der Waals surface area contributed by atoms with Crippen LogP contribution in [0.15, 0.2) is 0 Å². The molecule has 1 unspecified atom stereocenters. The molecule has 72 valence electrons. The molecule has 5 nitrogen and oxygen atoms in total. The molecular weight excluding hydrogens is 166 g/mol. The zero-order valence-corrected chi connectivity index (χ0v) is 7.61. The van der Waals surface area contributed by atoms with Crippen molar-refractivity contribution in [3.63, 3.8) is 0 Å². The number of nitrogens with zero attached hydrogens (tertiary/aromatic N) is 3. The molecule has 0 bridgehead atoms. The van der Waals surface area contributed by atoms with E-state index in [1.807, 2.05) is 0 Å². The molecule has 1 fully saturated rings. The van der Waals surface area contributed by atoms with Gasteiger partial charge in [-0.05, 0) is 29.2 Å². The fraction of sp³-hybridized carbons (Fsp3) is 0.875. The second-order valence-electron chi connectivity index (χ2n) is 3.71. The van der Waals surface area contributed by atoms with Crippen LogP contribution in [0.25, 0.3) is 0 Å². The number of tetrazole rings is 1. The second kappa shape index (κ2) is 3.83. The van der Waals surface area contributed by atoms with E-state index < -0.39 is 0 Å². The van der Waals surface area contributed by atoms with E-state index in [0.29, 0.717) is 5.92 Å². The fourth-order valence-electron chi connectivity index (χ4n) is 2.02. The van der Waals surface area contributed by atoms with Gasteiger partial charge in [0, 0.05) is 0 Å². The van der Waals surface area contributed by atoms with Crippen LogP contribution < -0.4 is 5.73 Å². The minimum absolute atomic E-state index is 0.00435. The van der Waals surface area contributed by atoms with Crippen molar-refractivity contribution in [1.29, 1.82) is 0 Å². The maximum absolute atomic E-state index is 6.04. The summed E-state index contributed by atoms with van der Waals surface area (Å²) in [5, 5.41) is 13.7. The summed E-state index contributed by atoms with van der Waals surface area (Å²) in [6, 6.07) is -0.00435. The molecule has 1 heterocycles. The third-order valence-corrected chi connectivity index (χ3v) is 2.84. The fourth-order valence-corrected chi connectivity index (χ4v) is 2.02. The number of H-pyrrole nitrogens is 1. The number of aromatic nitrogens is 4. The zero-order chi connectivity index (χ0) is 9.10. The van der Waals surface area contributed by atoms with Crippen LogP contribution in [0.2, 0.25) is 0 Å². The maximum Gasteiger partial charge on any atom is 0.165 e. The lowest BCUT2D eigenvalue weighted by Crippen LogP contribution is -2.24. The van der Waals surface area contributed by atoms with E-state index in [0.717, 1.165) is 5.82 Å². The first kappa shape index (κ1) is 8.62. The lowest BCUT2D eigenvalue weighted by molar-refractivity contribution is 0.301. The van der Waals surface area contributed by atoms with Gasteiger partial charge in [-0.1, -0.05) is 19.3 Å². The molecule has 0 amide bonds. The van der Waals surface area contributed by atoms with Gasteiger partial charge in [0.1, 0.15) is 0 Å². The Morgan fingerprint density at radius 2 is 2.08 bits per heavy atom. The molecule has 1 saturated carbocycles. The van der Waals surface area contributed by atoms with Crippen LogP contribution in [-0.4, -0.2) is 20.6 Å². The van der Waals surface area contributed by atoms with Crippen molar-refractivity contribution in [2.45, 2.75) is 38.1 Å². The normalized spacial score (nSPS) is 21.6. The summed E-state index contributed by atoms with van der Waals surface area (Å²) in [5.41, 5.74) is 6.04. The van der Waals surface area contributed by atoms with Gasteiger partial charge in [0.2, 0.25) is 0 Å². The molecular formula is C8H15N5. The average Bonchev–Trinajstić information content (AvgIpc) is 2.71. The van der Waals surface area contributed by atoms with Gasteiger partial charge in [-0.15, -0.1) is 5.10 Å². The summed E-state index contributed by atoms with van der Waals surface area (Å²) < 4.78 is 0. The highest BCUT2D eigenvalue weighted by atomic mass is 15.5. The van der Waals surface area contributed by atoms with E-state index in [-0.39, 0.29) is 6.04 Å². The molecule has 1 aliphatic carbocycles. The van der Waals surface area contributed by atoms with Gasteiger partial charge in [-0.3, -0.25) is 0 Å². The summed E-state index contributed by atoms with van der Waals surface area (Å²) in [4.78, 5) is 0. The Morgan fingerprint density at radius 3 is 2.69 bits per heavy atom. The third-order valence-electron chi connectivity index (χ3n) is 2.84. The minimum Gasteiger partial charge on any atom is -0.321 e. The quantitative estimate of drug-likeness (QED) is 0.706. The molecule has 13 heavy (non-hydrogen) atoms. The van der Waals surface area contributed by atoms with E-state index in [9.17, 15) is 0 Å². The van der Waals surface area contributed by atoms with Crippen molar-refractivity contribution in [2.75, 3.05) is 0 Å². The lowest BCUT2D eigenvalue weighted by atomic mass is 9.84.